The van der Waals surface area contributed by atoms with Crippen molar-refractivity contribution in [1.82, 2.24) is 14.9 Å². The number of halogens is 2. The summed E-state index contributed by atoms with van der Waals surface area (Å²) in [5.74, 6) is -0.999. The maximum atomic E-state index is 15.8. The van der Waals surface area contributed by atoms with E-state index in [1.165, 1.54) is 7.11 Å². The Kier molecular flexibility index (Phi) is 7.94. The van der Waals surface area contributed by atoms with Crippen molar-refractivity contribution < 1.29 is 32.6 Å². The van der Waals surface area contributed by atoms with E-state index in [0.717, 1.165) is 0 Å². The second-order valence-corrected chi connectivity index (χ2v) is 20.0. The Morgan fingerprint density at radius 3 is 2.41 bits per heavy atom. The molecule has 2 saturated heterocycles. The van der Waals surface area contributed by atoms with Crippen molar-refractivity contribution >= 4 is 48.6 Å². The van der Waals surface area contributed by atoms with E-state index in [-0.39, 0.29) is 45.4 Å². The molecule has 1 amide bonds. The Balaban J connectivity index is 1.73. The van der Waals surface area contributed by atoms with Gasteiger partial charge >= 0.3 is 12.1 Å². The average molecular weight is 651 g/mol. The van der Waals surface area contributed by atoms with Gasteiger partial charge in [-0.2, -0.15) is 4.98 Å². The zero-order valence-corrected chi connectivity index (χ0v) is 29.3. The molecular weight excluding hydrogens is 607 g/mol. The van der Waals surface area contributed by atoms with Gasteiger partial charge in [0, 0.05) is 11.9 Å². The molecule has 242 valence electrons. The molecule has 2 bridgehead atoms. The van der Waals surface area contributed by atoms with Crippen LogP contribution in [0, 0.1) is 12.7 Å². The van der Waals surface area contributed by atoms with Crippen molar-refractivity contribution in [3.05, 3.63) is 22.2 Å². The first-order valence-corrected chi connectivity index (χ1v) is 18.4. The molecule has 0 aliphatic carbocycles. The fourth-order valence-corrected chi connectivity index (χ4v) is 7.77. The summed E-state index contributed by atoms with van der Waals surface area (Å²) in [6.45, 7) is 20.5. The number of carbonyl (C=O) groups excluding carboxylic acids is 2. The lowest BCUT2D eigenvalue weighted by atomic mass is 9.92. The van der Waals surface area contributed by atoms with Gasteiger partial charge in [-0.25, -0.2) is 19.0 Å². The molecule has 3 aliphatic heterocycles. The Morgan fingerprint density at radius 2 is 1.82 bits per heavy atom. The van der Waals surface area contributed by atoms with E-state index in [1.54, 1.807) is 6.92 Å². The molecule has 0 N–H and O–H groups in total. The predicted molar refractivity (Wildman–Crippen MR) is 169 cm³/mol. The van der Waals surface area contributed by atoms with Crippen molar-refractivity contribution in [2.24, 2.45) is 0 Å². The number of carbonyl (C=O) groups is 2. The van der Waals surface area contributed by atoms with Crippen LogP contribution in [0.1, 0.15) is 77.4 Å². The highest BCUT2D eigenvalue weighted by Crippen LogP contribution is 2.51. The summed E-state index contributed by atoms with van der Waals surface area (Å²) in [5, 5.41) is 0.0118. The maximum Gasteiger partial charge on any atom is 0.411 e. The number of nitrogens with zero attached hydrogens (tertiary/aromatic N) is 4. The minimum Gasteiger partial charge on any atom is -0.472 e. The highest BCUT2D eigenvalue weighted by atomic mass is 35.5. The van der Waals surface area contributed by atoms with Gasteiger partial charge in [0.25, 0.3) is 0 Å². The fourth-order valence-electron chi connectivity index (χ4n) is 6.54. The van der Waals surface area contributed by atoms with Crippen LogP contribution in [0.4, 0.5) is 15.0 Å². The molecule has 2 aromatic heterocycles. The summed E-state index contributed by atoms with van der Waals surface area (Å²) >= 11 is 6.27. The molecule has 2 aromatic rings. The highest BCUT2D eigenvalue weighted by molar-refractivity contribution is 6.74. The van der Waals surface area contributed by atoms with Crippen LogP contribution in [0.2, 0.25) is 23.3 Å². The van der Waals surface area contributed by atoms with Gasteiger partial charge in [0.2, 0.25) is 5.88 Å². The number of anilines is 1. The number of ether oxygens (including phenoxy) is 3. The summed E-state index contributed by atoms with van der Waals surface area (Å²) in [5.41, 5.74) is -1.25. The lowest BCUT2D eigenvalue weighted by Crippen LogP contribution is -2.72. The number of hydrogen-bond donors (Lipinski definition) is 0. The van der Waals surface area contributed by atoms with Crippen molar-refractivity contribution in [3.63, 3.8) is 0 Å². The van der Waals surface area contributed by atoms with Crippen LogP contribution < -0.4 is 9.64 Å². The number of methoxy groups -OCH3 is 1. The summed E-state index contributed by atoms with van der Waals surface area (Å²) in [4.78, 5) is 40.0. The van der Waals surface area contributed by atoms with E-state index < -0.39 is 49.5 Å². The van der Waals surface area contributed by atoms with Crippen LogP contribution in [-0.4, -0.2) is 84.8 Å². The van der Waals surface area contributed by atoms with Crippen LogP contribution in [0.25, 0.3) is 10.8 Å². The molecule has 2 fully saturated rings. The number of piperazine rings is 1. The van der Waals surface area contributed by atoms with Crippen molar-refractivity contribution in [3.8, 4) is 5.88 Å². The van der Waals surface area contributed by atoms with E-state index >= 15 is 4.39 Å². The summed E-state index contributed by atoms with van der Waals surface area (Å²) in [6, 6.07) is -0.781. The lowest BCUT2D eigenvalue weighted by Gasteiger charge is -2.54. The molecular formula is C31H44ClFN4O6Si. The van der Waals surface area contributed by atoms with Crippen LogP contribution in [0.5, 0.6) is 5.88 Å². The molecule has 4 atom stereocenters. The predicted octanol–water partition coefficient (Wildman–Crippen LogP) is 6.65. The summed E-state index contributed by atoms with van der Waals surface area (Å²) in [7, 11) is -0.984. The Bertz CT molecular complexity index is 1530. The molecule has 3 aliphatic rings. The van der Waals surface area contributed by atoms with Gasteiger partial charge < -0.3 is 23.5 Å². The van der Waals surface area contributed by atoms with Crippen LogP contribution in [0.3, 0.4) is 0 Å². The van der Waals surface area contributed by atoms with E-state index in [2.05, 4.69) is 43.7 Å². The van der Waals surface area contributed by atoms with E-state index in [9.17, 15) is 9.59 Å². The largest absolute Gasteiger partial charge is 0.472 e. The number of fused-ring (bicyclic) bond motifs is 5. The van der Waals surface area contributed by atoms with Crippen LogP contribution >= 0.6 is 11.6 Å². The number of esters is 1. The van der Waals surface area contributed by atoms with Gasteiger partial charge in [0.05, 0.1) is 36.7 Å². The lowest BCUT2D eigenvalue weighted by molar-refractivity contribution is -0.0328. The minimum absolute atomic E-state index is 0.0242. The normalized spacial score (nSPS) is 25.0. The smallest absolute Gasteiger partial charge is 0.411 e. The number of aromatic nitrogens is 2. The fraction of sp³-hybridized carbons (Fsp3) is 0.677. The topological polar surface area (TPSA) is 103 Å². The Morgan fingerprint density at radius 1 is 1.16 bits per heavy atom. The van der Waals surface area contributed by atoms with Gasteiger partial charge in [-0.3, -0.25) is 4.90 Å². The number of aryl methyl sites for hydroxylation is 1. The highest BCUT2D eigenvalue weighted by Gasteiger charge is 2.61. The molecule has 10 nitrogen and oxygen atoms in total. The molecule has 0 saturated carbocycles. The zero-order chi connectivity index (χ0) is 32.7. The van der Waals surface area contributed by atoms with Crippen molar-refractivity contribution in [2.45, 2.75) is 116 Å². The maximum absolute atomic E-state index is 15.8. The molecule has 0 spiro atoms. The van der Waals surface area contributed by atoms with Gasteiger partial charge in [-0.1, -0.05) is 32.4 Å². The first-order valence-electron chi connectivity index (χ1n) is 15.1. The van der Waals surface area contributed by atoms with Crippen LogP contribution in [0.15, 0.2) is 0 Å². The van der Waals surface area contributed by atoms with Gasteiger partial charge in [0.15, 0.2) is 25.0 Å². The Hall–Kier alpha value is -2.70. The van der Waals surface area contributed by atoms with Gasteiger partial charge in [0.1, 0.15) is 17.5 Å². The second-order valence-electron chi connectivity index (χ2n) is 14.8. The van der Waals surface area contributed by atoms with E-state index in [1.807, 2.05) is 32.6 Å². The third-order valence-electron chi connectivity index (χ3n) is 9.73. The SMILES string of the molecule is COC(=O)c1nc2c3c(nc(Cl)c(F)c3c1C)O[C@@H](C)[C@@H]1[C@@H]3CC[C@](CO[Si](C)(C)C(C)(C)C)(CN21)N3C(=O)OC(C)(C)C. The zero-order valence-electron chi connectivity index (χ0n) is 27.6. The number of rotatable bonds is 4. The van der Waals surface area contributed by atoms with Gasteiger partial charge in [-0.05, 0) is 71.2 Å². The standard InChI is InChI=1S/C31H44ClFN4O6Si/c1-16-19-20-25(34-22(16)27(38)40-9)36-14-31(15-41-44(10,11)30(6,7)8)13-12-18(37(31)28(39)43-29(3,4)5)23(36)17(2)42-26(20)35-24(32)21(19)33/h17-18,23H,12-15H2,1-11H3/t17-,18-,23+,31+/m0/s1. The first-order chi connectivity index (χ1) is 20.2. The Labute approximate surface area is 264 Å². The summed E-state index contributed by atoms with van der Waals surface area (Å²) in [6.07, 6.45) is 0.379. The second kappa shape index (κ2) is 10.7. The minimum atomic E-state index is -2.24. The average Bonchev–Trinajstić information content (AvgIpc) is 3.11. The molecule has 5 heterocycles. The quantitative estimate of drug-likeness (QED) is 0.204. The molecule has 0 aromatic carbocycles. The molecule has 13 heteroatoms. The van der Waals surface area contributed by atoms with Gasteiger partial charge in [-0.15, -0.1) is 0 Å². The van der Waals surface area contributed by atoms with E-state index in [4.69, 9.17) is 35.2 Å². The molecule has 5 rings (SSSR count). The van der Waals surface area contributed by atoms with Crippen molar-refractivity contribution in [2.75, 3.05) is 25.2 Å². The number of pyridine rings is 2. The monoisotopic (exact) mass is 650 g/mol. The van der Waals surface area contributed by atoms with Crippen LogP contribution in [-0.2, 0) is 13.9 Å². The molecule has 0 unspecified atom stereocenters. The molecule has 0 radical (unpaired) electrons. The number of amides is 1. The van der Waals surface area contributed by atoms with Crippen molar-refractivity contribution in [1.29, 1.82) is 0 Å². The summed E-state index contributed by atoms with van der Waals surface area (Å²) < 4.78 is 40.1. The molecule has 44 heavy (non-hydrogen) atoms. The third-order valence-corrected chi connectivity index (χ3v) is 14.5. The first kappa shape index (κ1) is 32.7. The number of hydrogen-bond acceptors (Lipinski definition) is 9. The van der Waals surface area contributed by atoms with E-state index in [0.29, 0.717) is 30.6 Å². The third kappa shape index (κ3) is 5.20.